The molecule has 0 atom stereocenters. The van der Waals surface area contributed by atoms with Crippen molar-refractivity contribution in [2.75, 3.05) is 14.2 Å². The summed E-state index contributed by atoms with van der Waals surface area (Å²) >= 11 is 1.61. The summed E-state index contributed by atoms with van der Waals surface area (Å²) < 4.78 is 5.27. The zero-order chi connectivity index (χ0) is 15.4. The van der Waals surface area contributed by atoms with Gasteiger partial charge in [-0.3, -0.25) is 15.0 Å². The molecule has 0 amide bonds. The molecule has 0 bridgehead atoms. The van der Waals surface area contributed by atoms with Crippen LogP contribution in [-0.4, -0.2) is 29.0 Å². The summed E-state index contributed by atoms with van der Waals surface area (Å²) in [6.07, 6.45) is 0. The molecule has 6 nitrogen and oxygen atoms in total. The van der Waals surface area contributed by atoms with Crippen molar-refractivity contribution >= 4 is 17.0 Å². The Hall–Kier alpha value is -1.99. The summed E-state index contributed by atoms with van der Waals surface area (Å²) in [7, 11) is 3.52. The van der Waals surface area contributed by atoms with Gasteiger partial charge in [-0.2, -0.15) is 0 Å². The van der Waals surface area contributed by atoms with Gasteiger partial charge in [0, 0.05) is 36.2 Å². The second kappa shape index (κ2) is 6.64. The van der Waals surface area contributed by atoms with E-state index in [1.807, 2.05) is 19.4 Å². The highest BCUT2D eigenvalue weighted by Crippen LogP contribution is 2.25. The molecule has 7 heteroatoms. The average molecular weight is 307 g/mol. The molecule has 1 aromatic carbocycles. The number of benzene rings is 1. The number of hydrogen-bond acceptors (Lipinski definition) is 6. The Morgan fingerprint density at radius 3 is 2.76 bits per heavy atom. The smallest absolute Gasteiger partial charge is 0.270 e. The Morgan fingerprint density at radius 1 is 1.43 bits per heavy atom. The molecule has 0 fully saturated rings. The van der Waals surface area contributed by atoms with Crippen LogP contribution in [0.1, 0.15) is 16.3 Å². The van der Waals surface area contributed by atoms with Gasteiger partial charge in [0.25, 0.3) is 5.69 Å². The number of aryl methyl sites for hydroxylation is 1. The van der Waals surface area contributed by atoms with Crippen LogP contribution in [0.25, 0.3) is 0 Å². The standard InChI is InChI=1S/C14H17N3O3S/c1-10-15-12(9-21-10)8-16(2)7-11-6-13(17(18)19)4-5-14(11)20-3/h4-6,9H,7-8H2,1-3H3. The second-order valence-electron chi connectivity index (χ2n) is 4.78. The molecule has 0 aliphatic carbocycles. The van der Waals surface area contributed by atoms with E-state index in [0.29, 0.717) is 18.8 Å². The molecule has 1 heterocycles. The third kappa shape index (κ3) is 3.99. The maximum absolute atomic E-state index is 10.9. The fourth-order valence-electron chi connectivity index (χ4n) is 2.11. The molecule has 0 aliphatic rings. The van der Waals surface area contributed by atoms with Gasteiger partial charge < -0.3 is 4.74 Å². The van der Waals surface area contributed by atoms with Crippen molar-refractivity contribution in [1.82, 2.24) is 9.88 Å². The molecule has 0 N–H and O–H groups in total. The van der Waals surface area contributed by atoms with E-state index in [1.54, 1.807) is 30.6 Å². The van der Waals surface area contributed by atoms with E-state index in [9.17, 15) is 10.1 Å². The molecule has 112 valence electrons. The number of aromatic nitrogens is 1. The highest BCUT2D eigenvalue weighted by molar-refractivity contribution is 7.09. The first-order valence-corrected chi connectivity index (χ1v) is 7.28. The molecule has 0 unspecified atom stereocenters. The lowest BCUT2D eigenvalue weighted by Crippen LogP contribution is -2.18. The van der Waals surface area contributed by atoms with Crippen LogP contribution < -0.4 is 4.74 Å². The van der Waals surface area contributed by atoms with Gasteiger partial charge in [-0.15, -0.1) is 11.3 Å². The Balaban J connectivity index is 2.13. The van der Waals surface area contributed by atoms with Crippen molar-refractivity contribution in [3.8, 4) is 5.75 Å². The van der Waals surface area contributed by atoms with Crippen molar-refractivity contribution in [2.45, 2.75) is 20.0 Å². The Morgan fingerprint density at radius 2 is 2.19 bits per heavy atom. The van der Waals surface area contributed by atoms with E-state index in [-0.39, 0.29) is 5.69 Å². The minimum absolute atomic E-state index is 0.0729. The maximum atomic E-state index is 10.9. The quantitative estimate of drug-likeness (QED) is 0.606. The van der Waals surface area contributed by atoms with Crippen LogP contribution >= 0.6 is 11.3 Å². The van der Waals surface area contributed by atoms with Gasteiger partial charge in [0.2, 0.25) is 0 Å². The predicted molar refractivity (Wildman–Crippen MR) is 81.7 cm³/mol. The largest absolute Gasteiger partial charge is 0.496 e. The van der Waals surface area contributed by atoms with Gasteiger partial charge in [0.05, 0.1) is 22.7 Å². The molecular formula is C14H17N3O3S. The van der Waals surface area contributed by atoms with Crippen molar-refractivity contribution in [3.05, 3.63) is 50.0 Å². The van der Waals surface area contributed by atoms with E-state index < -0.39 is 4.92 Å². The van der Waals surface area contributed by atoms with E-state index in [0.717, 1.165) is 16.3 Å². The van der Waals surface area contributed by atoms with E-state index in [4.69, 9.17) is 4.74 Å². The Bertz CT molecular complexity index is 642. The van der Waals surface area contributed by atoms with Crippen LogP contribution in [0.2, 0.25) is 0 Å². The molecule has 0 saturated carbocycles. The van der Waals surface area contributed by atoms with Gasteiger partial charge in [0.15, 0.2) is 0 Å². The number of nitro groups is 1. The van der Waals surface area contributed by atoms with Crippen LogP contribution in [0.15, 0.2) is 23.6 Å². The monoisotopic (exact) mass is 307 g/mol. The minimum Gasteiger partial charge on any atom is -0.496 e. The van der Waals surface area contributed by atoms with Gasteiger partial charge in [-0.25, -0.2) is 4.98 Å². The number of methoxy groups -OCH3 is 1. The topological polar surface area (TPSA) is 68.5 Å². The number of nitrogens with zero attached hydrogens (tertiary/aromatic N) is 3. The molecule has 1 aromatic heterocycles. The highest BCUT2D eigenvalue weighted by Gasteiger charge is 2.13. The predicted octanol–water partition coefficient (Wildman–Crippen LogP) is 3.00. The first-order valence-electron chi connectivity index (χ1n) is 6.40. The molecule has 0 saturated heterocycles. The highest BCUT2D eigenvalue weighted by atomic mass is 32.1. The number of hydrogen-bond donors (Lipinski definition) is 0. The lowest BCUT2D eigenvalue weighted by Gasteiger charge is -2.17. The number of thiazole rings is 1. The Labute approximate surface area is 127 Å². The van der Waals surface area contributed by atoms with Crippen LogP contribution in [0, 0.1) is 17.0 Å². The SMILES string of the molecule is COc1ccc([N+](=O)[O-])cc1CN(C)Cc1csc(C)n1. The van der Waals surface area contributed by atoms with Crippen LogP contribution in [-0.2, 0) is 13.1 Å². The van der Waals surface area contributed by atoms with Crippen LogP contribution in [0.4, 0.5) is 5.69 Å². The molecule has 0 radical (unpaired) electrons. The lowest BCUT2D eigenvalue weighted by molar-refractivity contribution is -0.384. The lowest BCUT2D eigenvalue weighted by atomic mass is 10.1. The summed E-state index contributed by atoms with van der Waals surface area (Å²) in [5.41, 5.74) is 1.87. The fourth-order valence-corrected chi connectivity index (χ4v) is 2.71. The van der Waals surface area contributed by atoms with Crippen molar-refractivity contribution < 1.29 is 9.66 Å². The van der Waals surface area contributed by atoms with Gasteiger partial charge in [0.1, 0.15) is 5.75 Å². The third-order valence-electron chi connectivity index (χ3n) is 3.01. The second-order valence-corrected chi connectivity index (χ2v) is 5.85. The average Bonchev–Trinajstić information content (AvgIpc) is 2.83. The fraction of sp³-hybridized carbons (Fsp3) is 0.357. The summed E-state index contributed by atoms with van der Waals surface area (Å²) in [6, 6.07) is 4.64. The summed E-state index contributed by atoms with van der Waals surface area (Å²) in [6.45, 7) is 3.22. The summed E-state index contributed by atoms with van der Waals surface area (Å²) in [5, 5.41) is 13.9. The van der Waals surface area contributed by atoms with Gasteiger partial charge >= 0.3 is 0 Å². The van der Waals surface area contributed by atoms with E-state index in [2.05, 4.69) is 9.88 Å². The van der Waals surface area contributed by atoms with Crippen molar-refractivity contribution in [1.29, 1.82) is 0 Å². The zero-order valence-electron chi connectivity index (χ0n) is 12.2. The number of ether oxygens (including phenoxy) is 1. The minimum atomic E-state index is -0.396. The maximum Gasteiger partial charge on any atom is 0.270 e. The number of nitro benzene ring substituents is 1. The number of non-ortho nitro benzene ring substituents is 1. The molecule has 2 rings (SSSR count). The zero-order valence-corrected chi connectivity index (χ0v) is 13.0. The van der Waals surface area contributed by atoms with Crippen molar-refractivity contribution in [2.24, 2.45) is 0 Å². The van der Waals surface area contributed by atoms with Crippen LogP contribution in [0.3, 0.4) is 0 Å². The van der Waals surface area contributed by atoms with E-state index >= 15 is 0 Å². The van der Waals surface area contributed by atoms with Crippen LogP contribution in [0.5, 0.6) is 5.75 Å². The summed E-state index contributed by atoms with van der Waals surface area (Å²) in [5.74, 6) is 0.655. The van der Waals surface area contributed by atoms with Crippen molar-refractivity contribution in [3.63, 3.8) is 0 Å². The molecule has 0 spiro atoms. The molecular weight excluding hydrogens is 290 g/mol. The normalized spacial score (nSPS) is 10.9. The first kappa shape index (κ1) is 15.4. The number of rotatable bonds is 6. The van der Waals surface area contributed by atoms with E-state index in [1.165, 1.54) is 6.07 Å². The van der Waals surface area contributed by atoms with Gasteiger partial charge in [-0.05, 0) is 20.0 Å². The third-order valence-corrected chi connectivity index (χ3v) is 3.84. The van der Waals surface area contributed by atoms with Gasteiger partial charge in [-0.1, -0.05) is 0 Å². The first-order chi connectivity index (χ1) is 9.99. The molecule has 21 heavy (non-hydrogen) atoms. The summed E-state index contributed by atoms with van der Waals surface area (Å²) in [4.78, 5) is 16.9. The molecule has 2 aromatic rings. The Kier molecular flexibility index (Phi) is 4.87. The molecule has 0 aliphatic heterocycles.